The molecular formula is C24H24N2O2S2. The molecule has 154 valence electrons. The number of aryl methyl sites for hydroxylation is 1. The zero-order chi connectivity index (χ0) is 20.7. The summed E-state index contributed by atoms with van der Waals surface area (Å²) in [6.45, 7) is 2.42. The summed E-state index contributed by atoms with van der Waals surface area (Å²) in [7, 11) is -3.58. The average molecular weight is 437 g/mol. The van der Waals surface area contributed by atoms with E-state index in [0.717, 1.165) is 23.2 Å². The van der Waals surface area contributed by atoms with Crippen molar-refractivity contribution in [1.82, 2.24) is 4.72 Å². The van der Waals surface area contributed by atoms with E-state index in [1.54, 1.807) is 6.07 Å². The second-order valence-electron chi connectivity index (χ2n) is 7.98. The van der Waals surface area contributed by atoms with Crippen LogP contribution in [0, 0.1) is 12.8 Å². The van der Waals surface area contributed by atoms with E-state index in [0.29, 0.717) is 10.8 Å². The Hall–Kier alpha value is -2.41. The van der Waals surface area contributed by atoms with E-state index < -0.39 is 10.0 Å². The number of fused-ring (bicyclic) bond motifs is 3. The molecule has 0 fully saturated rings. The predicted octanol–water partition coefficient (Wildman–Crippen LogP) is 5.36. The zero-order valence-corrected chi connectivity index (χ0v) is 18.3. The van der Waals surface area contributed by atoms with Crippen molar-refractivity contribution in [2.45, 2.75) is 36.7 Å². The fraction of sp³-hybridized carbons (Fsp3) is 0.250. The molecule has 0 saturated carbocycles. The molecule has 0 saturated heterocycles. The molecule has 1 aromatic heterocycles. The van der Waals surface area contributed by atoms with Crippen molar-refractivity contribution in [2.75, 3.05) is 5.32 Å². The summed E-state index contributed by atoms with van der Waals surface area (Å²) < 4.78 is 28.6. The number of hydrogen-bond acceptors (Lipinski definition) is 4. The van der Waals surface area contributed by atoms with Gasteiger partial charge in [0.05, 0.1) is 10.9 Å². The Morgan fingerprint density at radius 3 is 2.70 bits per heavy atom. The highest BCUT2D eigenvalue weighted by Crippen LogP contribution is 2.51. The standard InChI is InChI=1S/C24H24N2O2S2/c1-16-10-13-23(29-16)24-20-9-5-8-19(20)21-14-18(11-12-22(21)26-24)30(27,28)25-15-17-6-3-2-4-7-17/h2-8,10-14,19-20,24-26H,9,15H2,1H3. The number of nitrogens with one attached hydrogen (secondary N) is 2. The normalized spacial score (nSPS) is 22.4. The smallest absolute Gasteiger partial charge is 0.240 e. The Morgan fingerprint density at radius 1 is 1.10 bits per heavy atom. The molecule has 2 N–H and O–H groups in total. The van der Waals surface area contributed by atoms with Crippen molar-refractivity contribution in [3.63, 3.8) is 0 Å². The fourth-order valence-corrected chi connectivity index (χ4v) is 6.56. The van der Waals surface area contributed by atoms with Gasteiger partial charge in [-0.05, 0) is 60.7 Å². The van der Waals surface area contributed by atoms with Gasteiger partial charge in [-0.2, -0.15) is 0 Å². The molecular weight excluding hydrogens is 412 g/mol. The van der Waals surface area contributed by atoms with E-state index in [1.165, 1.54) is 9.75 Å². The third kappa shape index (κ3) is 3.60. The van der Waals surface area contributed by atoms with Gasteiger partial charge in [0.1, 0.15) is 0 Å². The van der Waals surface area contributed by atoms with Gasteiger partial charge in [-0.15, -0.1) is 11.3 Å². The Bertz CT molecular complexity index is 1200. The molecule has 3 aromatic rings. The first-order valence-corrected chi connectivity index (χ1v) is 12.5. The lowest BCUT2D eigenvalue weighted by Gasteiger charge is -2.37. The van der Waals surface area contributed by atoms with Gasteiger partial charge >= 0.3 is 0 Å². The molecule has 0 radical (unpaired) electrons. The van der Waals surface area contributed by atoms with E-state index in [4.69, 9.17) is 0 Å². The highest BCUT2D eigenvalue weighted by atomic mass is 32.2. The number of allylic oxidation sites excluding steroid dienone is 2. The topological polar surface area (TPSA) is 58.2 Å². The van der Waals surface area contributed by atoms with Gasteiger partial charge in [-0.1, -0.05) is 42.5 Å². The summed E-state index contributed by atoms with van der Waals surface area (Å²) in [5.74, 6) is 0.642. The Morgan fingerprint density at radius 2 is 1.93 bits per heavy atom. The summed E-state index contributed by atoms with van der Waals surface area (Å²) in [6, 6.07) is 19.7. The highest BCUT2D eigenvalue weighted by Gasteiger charge is 2.39. The van der Waals surface area contributed by atoms with E-state index in [9.17, 15) is 8.42 Å². The molecule has 5 rings (SSSR count). The molecule has 30 heavy (non-hydrogen) atoms. The predicted molar refractivity (Wildman–Crippen MR) is 122 cm³/mol. The summed E-state index contributed by atoms with van der Waals surface area (Å²) in [5, 5.41) is 3.69. The fourth-order valence-electron chi connectivity index (χ4n) is 4.50. The number of thiophene rings is 1. The number of hydrogen-bond donors (Lipinski definition) is 2. The molecule has 0 spiro atoms. The van der Waals surface area contributed by atoms with Crippen LogP contribution in [0.5, 0.6) is 0 Å². The number of anilines is 1. The van der Waals surface area contributed by atoms with Crippen LogP contribution in [0.4, 0.5) is 5.69 Å². The molecule has 2 aliphatic rings. The highest BCUT2D eigenvalue weighted by molar-refractivity contribution is 7.89. The van der Waals surface area contributed by atoms with Crippen molar-refractivity contribution in [3.8, 4) is 0 Å². The van der Waals surface area contributed by atoms with E-state index in [-0.39, 0.29) is 18.5 Å². The van der Waals surface area contributed by atoms with Gasteiger partial charge in [0, 0.05) is 27.9 Å². The minimum absolute atomic E-state index is 0.234. The second kappa shape index (κ2) is 7.69. The zero-order valence-electron chi connectivity index (χ0n) is 16.7. The van der Waals surface area contributed by atoms with Crippen LogP contribution < -0.4 is 10.0 Å². The lowest BCUT2D eigenvalue weighted by atomic mass is 9.79. The third-order valence-corrected chi connectivity index (χ3v) is 8.50. The first-order valence-electron chi connectivity index (χ1n) is 10.2. The van der Waals surface area contributed by atoms with Crippen LogP contribution in [-0.2, 0) is 16.6 Å². The molecule has 2 aromatic carbocycles. The molecule has 6 heteroatoms. The maximum Gasteiger partial charge on any atom is 0.240 e. The van der Waals surface area contributed by atoms with Gasteiger partial charge in [-0.25, -0.2) is 13.1 Å². The van der Waals surface area contributed by atoms with Gasteiger partial charge in [0.25, 0.3) is 0 Å². The second-order valence-corrected chi connectivity index (χ2v) is 11.1. The first-order chi connectivity index (χ1) is 14.5. The van der Waals surface area contributed by atoms with Crippen molar-refractivity contribution in [2.24, 2.45) is 5.92 Å². The van der Waals surface area contributed by atoms with Crippen molar-refractivity contribution in [3.05, 3.63) is 93.7 Å². The Kier molecular flexibility index (Phi) is 5.01. The van der Waals surface area contributed by atoms with Crippen molar-refractivity contribution >= 4 is 27.0 Å². The summed E-state index contributed by atoms with van der Waals surface area (Å²) in [5.41, 5.74) is 3.04. The van der Waals surface area contributed by atoms with Crippen LogP contribution in [-0.4, -0.2) is 8.42 Å². The molecule has 4 nitrogen and oxygen atoms in total. The van der Waals surface area contributed by atoms with Crippen molar-refractivity contribution < 1.29 is 8.42 Å². The van der Waals surface area contributed by atoms with Crippen LogP contribution >= 0.6 is 11.3 Å². The maximum absolute atomic E-state index is 12.9. The molecule has 2 heterocycles. The number of rotatable bonds is 5. The summed E-state index contributed by atoms with van der Waals surface area (Å²) in [4.78, 5) is 2.98. The van der Waals surface area contributed by atoms with E-state index in [2.05, 4.69) is 41.2 Å². The van der Waals surface area contributed by atoms with Gasteiger partial charge in [0.2, 0.25) is 10.0 Å². The lowest BCUT2D eigenvalue weighted by molar-refractivity contribution is 0.429. The minimum atomic E-state index is -3.58. The molecule has 3 unspecified atom stereocenters. The minimum Gasteiger partial charge on any atom is -0.377 e. The monoisotopic (exact) mass is 436 g/mol. The largest absolute Gasteiger partial charge is 0.377 e. The first kappa shape index (κ1) is 19.5. The van der Waals surface area contributed by atoms with Crippen molar-refractivity contribution in [1.29, 1.82) is 0 Å². The van der Waals surface area contributed by atoms with Crippen LogP contribution in [0.1, 0.15) is 39.3 Å². The van der Waals surface area contributed by atoms with Crippen LogP contribution in [0.15, 0.2) is 77.7 Å². The Labute approximate surface area is 181 Å². The quantitative estimate of drug-likeness (QED) is 0.529. The van der Waals surface area contributed by atoms with Gasteiger partial charge < -0.3 is 5.32 Å². The molecule has 0 bridgehead atoms. The third-order valence-electron chi connectivity index (χ3n) is 6.02. The summed E-state index contributed by atoms with van der Waals surface area (Å²) >= 11 is 1.83. The van der Waals surface area contributed by atoms with Crippen LogP contribution in [0.3, 0.4) is 0 Å². The van der Waals surface area contributed by atoms with Crippen LogP contribution in [0.25, 0.3) is 0 Å². The van der Waals surface area contributed by atoms with Gasteiger partial charge in [-0.3, -0.25) is 0 Å². The molecule has 0 amide bonds. The van der Waals surface area contributed by atoms with Crippen LogP contribution in [0.2, 0.25) is 0 Å². The average Bonchev–Trinajstić information content (AvgIpc) is 3.41. The lowest BCUT2D eigenvalue weighted by Crippen LogP contribution is -2.29. The summed E-state index contributed by atoms with van der Waals surface area (Å²) in [6.07, 6.45) is 5.47. The van der Waals surface area contributed by atoms with E-state index in [1.807, 2.05) is 53.8 Å². The van der Waals surface area contributed by atoms with Gasteiger partial charge in [0.15, 0.2) is 0 Å². The molecule has 1 aliphatic carbocycles. The number of sulfonamides is 1. The maximum atomic E-state index is 12.9. The van der Waals surface area contributed by atoms with E-state index >= 15 is 0 Å². The Balaban J connectivity index is 1.44. The molecule has 3 atom stereocenters. The molecule has 1 aliphatic heterocycles. The SMILES string of the molecule is Cc1ccc(C2Nc3ccc(S(=O)(=O)NCc4ccccc4)cc3C3C=CCC32)s1. The number of benzene rings is 2.